The first-order chi connectivity index (χ1) is 9.01. The van der Waals surface area contributed by atoms with E-state index in [-0.39, 0.29) is 6.61 Å². The van der Waals surface area contributed by atoms with Gasteiger partial charge in [0.25, 0.3) is 0 Å². The predicted molar refractivity (Wildman–Crippen MR) is 79.4 cm³/mol. The van der Waals surface area contributed by atoms with Crippen molar-refractivity contribution >= 4 is 33.3 Å². The fourth-order valence-electron chi connectivity index (χ4n) is 1.73. The maximum absolute atomic E-state index is 9.51. The van der Waals surface area contributed by atoms with Crippen molar-refractivity contribution < 1.29 is 5.11 Å². The summed E-state index contributed by atoms with van der Waals surface area (Å²) in [5, 5.41) is 13.8. The number of hydrogen-bond acceptors (Lipinski definition) is 7. The van der Waals surface area contributed by atoms with Crippen molar-refractivity contribution in [1.29, 1.82) is 0 Å². The molecular formula is C12H19N5OS. The molecule has 1 unspecified atom stereocenters. The molecule has 0 bridgehead atoms. The van der Waals surface area contributed by atoms with E-state index in [0.717, 1.165) is 21.5 Å². The fourth-order valence-corrected chi connectivity index (χ4v) is 2.61. The molecule has 19 heavy (non-hydrogen) atoms. The molecule has 2 heterocycles. The van der Waals surface area contributed by atoms with E-state index in [0.29, 0.717) is 11.8 Å². The number of fused-ring (bicyclic) bond motifs is 1. The molecule has 1 atom stereocenters. The van der Waals surface area contributed by atoms with Gasteiger partial charge in [0.05, 0.1) is 17.5 Å². The summed E-state index contributed by atoms with van der Waals surface area (Å²) in [6.45, 7) is 6.03. The second-order valence-corrected chi connectivity index (χ2v) is 6.05. The number of nitrogens with one attached hydrogen (secondary N) is 2. The number of nitrogens with two attached hydrogens (primary N) is 1. The minimum atomic E-state index is -0.414. The number of hydrazine groups is 1. The number of aliphatic hydroxyl groups is 1. The van der Waals surface area contributed by atoms with Crippen LogP contribution in [-0.2, 0) is 0 Å². The standard InChI is InChI=1S/C12H19N5OS/c1-4-12(3,6-18)16-9-8-5-7(2)19-10(8)15-11(14-9)17-13/h5,18H,4,6,13H2,1-3H3,(H2,14,15,16,17). The van der Waals surface area contributed by atoms with Crippen LogP contribution in [0.2, 0.25) is 0 Å². The molecule has 104 valence electrons. The molecule has 7 heteroatoms. The normalized spacial score (nSPS) is 14.4. The number of anilines is 2. The molecule has 0 aliphatic rings. The lowest BCUT2D eigenvalue weighted by Crippen LogP contribution is -2.38. The number of nitrogen functional groups attached to an aromatic ring is 1. The molecule has 0 saturated heterocycles. The van der Waals surface area contributed by atoms with Gasteiger partial charge in [-0.15, -0.1) is 11.3 Å². The highest BCUT2D eigenvalue weighted by molar-refractivity contribution is 7.18. The van der Waals surface area contributed by atoms with Crippen molar-refractivity contribution in [2.24, 2.45) is 5.84 Å². The minimum absolute atomic E-state index is 0.0313. The van der Waals surface area contributed by atoms with Gasteiger partial charge in [0, 0.05) is 4.88 Å². The molecule has 0 radical (unpaired) electrons. The monoisotopic (exact) mass is 281 g/mol. The lowest BCUT2D eigenvalue weighted by atomic mass is 10.0. The van der Waals surface area contributed by atoms with Gasteiger partial charge in [0.1, 0.15) is 10.6 Å². The smallest absolute Gasteiger partial charge is 0.240 e. The molecule has 2 aromatic heterocycles. The zero-order chi connectivity index (χ0) is 14.0. The lowest BCUT2D eigenvalue weighted by Gasteiger charge is -2.28. The van der Waals surface area contributed by atoms with Crippen molar-refractivity contribution in [1.82, 2.24) is 9.97 Å². The van der Waals surface area contributed by atoms with Crippen molar-refractivity contribution in [2.75, 3.05) is 17.3 Å². The van der Waals surface area contributed by atoms with Crippen molar-refractivity contribution in [3.8, 4) is 0 Å². The fraction of sp³-hybridized carbons (Fsp3) is 0.500. The molecular weight excluding hydrogens is 262 g/mol. The van der Waals surface area contributed by atoms with Crippen LogP contribution in [0.3, 0.4) is 0 Å². The maximum atomic E-state index is 9.51. The van der Waals surface area contributed by atoms with Crippen molar-refractivity contribution in [3.05, 3.63) is 10.9 Å². The third kappa shape index (κ3) is 2.78. The third-order valence-corrected chi connectivity index (χ3v) is 4.14. The maximum Gasteiger partial charge on any atom is 0.240 e. The van der Waals surface area contributed by atoms with Crippen LogP contribution in [0.1, 0.15) is 25.1 Å². The molecule has 6 nitrogen and oxygen atoms in total. The first-order valence-electron chi connectivity index (χ1n) is 6.15. The number of thiophene rings is 1. The number of nitrogens with zero attached hydrogens (tertiary/aromatic N) is 2. The van der Waals surface area contributed by atoms with Crippen LogP contribution in [0.25, 0.3) is 10.2 Å². The van der Waals surface area contributed by atoms with Crippen LogP contribution < -0.4 is 16.6 Å². The number of aliphatic hydroxyl groups excluding tert-OH is 1. The highest BCUT2D eigenvalue weighted by atomic mass is 32.1. The second-order valence-electron chi connectivity index (χ2n) is 4.81. The van der Waals surface area contributed by atoms with Crippen LogP contribution in [0, 0.1) is 6.92 Å². The zero-order valence-electron chi connectivity index (χ0n) is 11.3. The number of aryl methyl sites for hydroxylation is 1. The quantitative estimate of drug-likeness (QED) is 0.493. The van der Waals surface area contributed by atoms with E-state index in [4.69, 9.17) is 5.84 Å². The Kier molecular flexibility index (Phi) is 3.88. The Bertz CT molecular complexity index is 579. The average molecular weight is 281 g/mol. The van der Waals surface area contributed by atoms with Gasteiger partial charge in [-0.3, -0.25) is 5.43 Å². The topological polar surface area (TPSA) is 96.1 Å². The van der Waals surface area contributed by atoms with Crippen LogP contribution in [0.5, 0.6) is 0 Å². The first-order valence-corrected chi connectivity index (χ1v) is 6.97. The summed E-state index contributed by atoms with van der Waals surface area (Å²) >= 11 is 1.59. The lowest BCUT2D eigenvalue weighted by molar-refractivity contribution is 0.218. The van der Waals surface area contributed by atoms with E-state index in [1.54, 1.807) is 11.3 Å². The Balaban J connectivity index is 2.51. The molecule has 0 fully saturated rings. The van der Waals surface area contributed by atoms with Gasteiger partial charge in [-0.1, -0.05) is 6.92 Å². The van der Waals surface area contributed by atoms with Gasteiger partial charge in [0.15, 0.2) is 0 Å². The van der Waals surface area contributed by atoms with Gasteiger partial charge in [0.2, 0.25) is 5.95 Å². The first kappa shape index (κ1) is 14.0. The summed E-state index contributed by atoms with van der Waals surface area (Å²) in [4.78, 5) is 10.7. The Labute approximate surface area is 116 Å². The van der Waals surface area contributed by atoms with Crippen LogP contribution in [0.15, 0.2) is 6.07 Å². The number of rotatable bonds is 5. The average Bonchev–Trinajstić information content (AvgIpc) is 2.79. The van der Waals surface area contributed by atoms with Crippen LogP contribution in [0.4, 0.5) is 11.8 Å². The summed E-state index contributed by atoms with van der Waals surface area (Å²) in [6.07, 6.45) is 0.781. The molecule has 0 saturated carbocycles. The molecule has 0 aromatic carbocycles. The highest BCUT2D eigenvalue weighted by Gasteiger charge is 2.23. The summed E-state index contributed by atoms with van der Waals surface area (Å²) in [7, 11) is 0. The Morgan fingerprint density at radius 1 is 1.47 bits per heavy atom. The van der Waals surface area contributed by atoms with E-state index in [1.165, 1.54) is 0 Å². The van der Waals surface area contributed by atoms with Crippen LogP contribution in [-0.4, -0.2) is 27.2 Å². The van der Waals surface area contributed by atoms with Crippen LogP contribution >= 0.6 is 11.3 Å². The van der Waals surface area contributed by atoms with Gasteiger partial charge >= 0.3 is 0 Å². The van der Waals surface area contributed by atoms with Gasteiger partial charge in [-0.2, -0.15) is 4.98 Å². The second kappa shape index (κ2) is 5.28. The summed E-state index contributed by atoms with van der Waals surface area (Å²) < 4.78 is 0. The molecule has 0 amide bonds. The third-order valence-electron chi connectivity index (χ3n) is 3.19. The minimum Gasteiger partial charge on any atom is -0.394 e. The van der Waals surface area contributed by atoms with Gasteiger partial charge in [-0.05, 0) is 26.3 Å². The molecule has 5 N–H and O–H groups in total. The Hall–Kier alpha value is -1.44. The largest absolute Gasteiger partial charge is 0.394 e. The zero-order valence-corrected chi connectivity index (χ0v) is 12.1. The Morgan fingerprint density at radius 2 is 2.21 bits per heavy atom. The summed E-state index contributed by atoms with van der Waals surface area (Å²) in [5.41, 5.74) is 2.06. The number of aromatic nitrogens is 2. The molecule has 0 aliphatic heterocycles. The van der Waals surface area contributed by atoms with E-state index in [1.807, 2.05) is 26.8 Å². The van der Waals surface area contributed by atoms with Crippen molar-refractivity contribution in [2.45, 2.75) is 32.7 Å². The van der Waals surface area contributed by atoms with Gasteiger partial charge in [-0.25, -0.2) is 10.8 Å². The van der Waals surface area contributed by atoms with Gasteiger partial charge < -0.3 is 10.4 Å². The van der Waals surface area contributed by atoms with Crippen molar-refractivity contribution in [3.63, 3.8) is 0 Å². The highest BCUT2D eigenvalue weighted by Crippen LogP contribution is 2.31. The molecule has 0 aliphatic carbocycles. The number of hydrogen-bond donors (Lipinski definition) is 4. The summed E-state index contributed by atoms with van der Waals surface area (Å²) in [5.74, 6) is 6.46. The molecule has 2 aromatic rings. The Morgan fingerprint density at radius 3 is 2.79 bits per heavy atom. The molecule has 0 spiro atoms. The summed E-state index contributed by atoms with van der Waals surface area (Å²) in [6, 6.07) is 2.04. The predicted octanol–water partition coefficient (Wildman–Crippen LogP) is 1.86. The SMILES string of the molecule is CCC(C)(CO)Nc1nc(NN)nc2sc(C)cc12. The van der Waals surface area contributed by atoms with E-state index in [2.05, 4.69) is 20.7 Å². The van der Waals surface area contributed by atoms with E-state index >= 15 is 0 Å². The van der Waals surface area contributed by atoms with E-state index in [9.17, 15) is 5.11 Å². The van der Waals surface area contributed by atoms with E-state index < -0.39 is 5.54 Å². The molecule has 2 rings (SSSR count).